The lowest BCUT2D eigenvalue weighted by atomic mass is 10.2. The highest BCUT2D eigenvalue weighted by Gasteiger charge is 2.30. The summed E-state index contributed by atoms with van der Waals surface area (Å²) in [5.41, 5.74) is 0.796. The second kappa shape index (κ2) is 10.4. The summed E-state index contributed by atoms with van der Waals surface area (Å²) in [4.78, 5) is 14.6. The summed E-state index contributed by atoms with van der Waals surface area (Å²) < 4.78 is 47.4. The van der Waals surface area contributed by atoms with Gasteiger partial charge >= 0.3 is 0 Å². The predicted molar refractivity (Wildman–Crippen MR) is 135 cm³/mol. The summed E-state index contributed by atoms with van der Waals surface area (Å²) in [5, 5.41) is 3.20. The zero-order chi connectivity index (χ0) is 25.2. The Hall–Kier alpha value is -2.85. The molecule has 7 nitrogen and oxygen atoms in total. The van der Waals surface area contributed by atoms with Crippen molar-refractivity contribution in [2.24, 2.45) is 0 Å². The molecule has 0 atom stereocenters. The first-order valence-corrected chi connectivity index (χ1v) is 12.8. The fourth-order valence-electron chi connectivity index (χ4n) is 3.84. The van der Waals surface area contributed by atoms with Crippen molar-refractivity contribution in [2.45, 2.75) is 4.90 Å². The van der Waals surface area contributed by atoms with Gasteiger partial charge in [-0.3, -0.25) is 4.79 Å². The molecule has 0 unspecified atom stereocenters. The Labute approximate surface area is 213 Å². The number of rotatable bonds is 6. The average Bonchev–Trinajstić information content (AvgIpc) is 2.84. The van der Waals surface area contributed by atoms with Gasteiger partial charge in [0.15, 0.2) is 0 Å². The molecule has 1 aliphatic heterocycles. The van der Waals surface area contributed by atoms with E-state index < -0.39 is 15.9 Å². The lowest BCUT2D eigenvalue weighted by Crippen LogP contribution is -2.48. The molecule has 0 saturated carbocycles. The van der Waals surface area contributed by atoms with Gasteiger partial charge in [-0.05, 0) is 48.5 Å². The molecule has 1 aliphatic rings. The van der Waals surface area contributed by atoms with Crippen LogP contribution in [0.5, 0.6) is 5.75 Å². The minimum absolute atomic E-state index is 0.00450. The normalized spacial score (nSPS) is 14.6. The highest BCUT2D eigenvalue weighted by Crippen LogP contribution is 2.31. The Balaban J connectivity index is 1.54. The van der Waals surface area contributed by atoms with Crippen molar-refractivity contribution in [2.75, 3.05) is 43.5 Å². The van der Waals surface area contributed by atoms with Crippen LogP contribution < -0.4 is 15.0 Å². The third-order valence-electron chi connectivity index (χ3n) is 5.66. The summed E-state index contributed by atoms with van der Waals surface area (Å²) in [7, 11) is -2.46. The van der Waals surface area contributed by atoms with Gasteiger partial charge in [0, 0.05) is 31.2 Å². The van der Waals surface area contributed by atoms with Crippen molar-refractivity contribution >= 4 is 50.5 Å². The molecular weight excluding hydrogens is 516 g/mol. The van der Waals surface area contributed by atoms with Gasteiger partial charge in [-0.15, -0.1) is 0 Å². The lowest BCUT2D eigenvalue weighted by Gasteiger charge is -2.35. The number of carbonyl (C=O) groups excluding carboxylic acids is 1. The Kier molecular flexibility index (Phi) is 7.51. The summed E-state index contributed by atoms with van der Waals surface area (Å²) in [6.07, 6.45) is 0. The van der Waals surface area contributed by atoms with Crippen LogP contribution in [0.25, 0.3) is 0 Å². The van der Waals surface area contributed by atoms with Crippen molar-refractivity contribution in [1.29, 1.82) is 0 Å². The van der Waals surface area contributed by atoms with Gasteiger partial charge in [0.05, 0.1) is 34.0 Å². The fraction of sp³-hybridized carbons (Fsp3) is 0.208. The van der Waals surface area contributed by atoms with Crippen molar-refractivity contribution in [3.63, 3.8) is 0 Å². The number of nitrogens with one attached hydrogen (secondary N) is 1. The Morgan fingerprint density at radius 2 is 1.71 bits per heavy atom. The third kappa shape index (κ3) is 5.38. The Morgan fingerprint density at radius 1 is 1.00 bits per heavy atom. The van der Waals surface area contributed by atoms with E-state index in [0.29, 0.717) is 23.8 Å². The number of hydrogen-bond donors (Lipinski definition) is 1. The van der Waals surface area contributed by atoms with E-state index in [2.05, 4.69) is 5.32 Å². The molecule has 0 aliphatic carbocycles. The number of ether oxygens (including phenoxy) is 1. The van der Waals surface area contributed by atoms with Crippen molar-refractivity contribution in [3.05, 3.63) is 82.1 Å². The standard InChI is InChI=1S/C24H22Cl2FN3O4S/c1-34-23-9-7-17(15-21(23)28-24(31)18-8-6-16(25)14-19(18)26)35(32,33)30-12-10-29(11-13-30)22-5-3-2-4-20(22)27/h2-9,14-15H,10-13H2,1H3,(H,28,31). The van der Waals surface area contributed by atoms with Crippen molar-refractivity contribution < 1.29 is 22.3 Å². The van der Waals surface area contributed by atoms with Crippen LogP contribution in [-0.4, -0.2) is 51.9 Å². The predicted octanol–water partition coefficient (Wildman–Crippen LogP) is 4.90. The molecule has 35 heavy (non-hydrogen) atoms. The van der Waals surface area contributed by atoms with E-state index in [1.165, 1.54) is 53.9 Å². The molecule has 1 saturated heterocycles. The van der Waals surface area contributed by atoms with Crippen LogP contribution in [0.15, 0.2) is 65.6 Å². The summed E-state index contributed by atoms with van der Waals surface area (Å²) in [5.74, 6) is -0.607. The van der Waals surface area contributed by atoms with Gasteiger partial charge in [0.1, 0.15) is 11.6 Å². The maximum Gasteiger partial charge on any atom is 0.257 e. The number of para-hydroxylation sites is 1. The monoisotopic (exact) mass is 537 g/mol. The minimum Gasteiger partial charge on any atom is -0.495 e. The van der Waals surface area contributed by atoms with Crippen molar-refractivity contribution in [1.82, 2.24) is 4.31 Å². The van der Waals surface area contributed by atoms with E-state index in [1.807, 2.05) is 4.90 Å². The molecule has 11 heteroatoms. The van der Waals surface area contributed by atoms with E-state index in [9.17, 15) is 17.6 Å². The maximum atomic E-state index is 14.1. The number of amides is 1. The third-order valence-corrected chi connectivity index (χ3v) is 8.11. The van der Waals surface area contributed by atoms with E-state index in [0.717, 1.165) is 0 Å². The van der Waals surface area contributed by atoms with Crippen LogP contribution in [0.2, 0.25) is 10.0 Å². The Bertz CT molecular complexity index is 1360. The van der Waals surface area contributed by atoms with Gasteiger partial charge in [0.2, 0.25) is 10.0 Å². The number of anilines is 2. The maximum absolute atomic E-state index is 14.1. The number of benzene rings is 3. The number of sulfonamides is 1. The SMILES string of the molecule is COc1ccc(S(=O)(=O)N2CCN(c3ccccc3F)CC2)cc1NC(=O)c1ccc(Cl)cc1Cl. The average molecular weight is 538 g/mol. The molecule has 3 aromatic rings. The van der Waals surface area contributed by atoms with Crippen LogP contribution in [0.3, 0.4) is 0 Å². The fourth-order valence-corrected chi connectivity index (χ4v) is 5.78. The van der Waals surface area contributed by atoms with Gasteiger partial charge < -0.3 is 15.0 Å². The molecule has 4 rings (SSSR count). The van der Waals surface area contributed by atoms with Gasteiger partial charge in [0.25, 0.3) is 5.91 Å². The molecule has 0 radical (unpaired) electrons. The molecule has 184 valence electrons. The van der Waals surface area contributed by atoms with Gasteiger partial charge in [-0.25, -0.2) is 12.8 Å². The summed E-state index contributed by atoms with van der Waals surface area (Å²) >= 11 is 12.0. The van der Waals surface area contributed by atoms with Crippen molar-refractivity contribution in [3.8, 4) is 5.75 Å². The molecule has 1 amide bonds. The molecule has 0 aromatic heterocycles. The molecule has 1 fully saturated rings. The Morgan fingerprint density at radius 3 is 2.37 bits per heavy atom. The van der Waals surface area contributed by atoms with Crippen LogP contribution in [0, 0.1) is 5.82 Å². The first-order chi connectivity index (χ1) is 16.7. The largest absolute Gasteiger partial charge is 0.495 e. The van der Waals surface area contributed by atoms with Gasteiger partial charge in [-0.2, -0.15) is 4.31 Å². The zero-order valence-electron chi connectivity index (χ0n) is 18.7. The number of halogens is 3. The molecular formula is C24H22Cl2FN3O4S. The smallest absolute Gasteiger partial charge is 0.257 e. The van der Waals surface area contributed by atoms with Gasteiger partial charge in [-0.1, -0.05) is 35.3 Å². The number of methoxy groups -OCH3 is 1. The summed E-state index contributed by atoms with van der Waals surface area (Å²) in [6, 6.07) is 15.1. The first kappa shape index (κ1) is 25.2. The van der Waals surface area contributed by atoms with E-state index in [-0.39, 0.29) is 45.8 Å². The van der Waals surface area contributed by atoms with E-state index in [4.69, 9.17) is 27.9 Å². The molecule has 0 bridgehead atoms. The molecule has 3 aromatic carbocycles. The first-order valence-electron chi connectivity index (χ1n) is 10.6. The lowest BCUT2D eigenvalue weighted by molar-refractivity contribution is 0.102. The quantitative estimate of drug-likeness (QED) is 0.483. The van der Waals surface area contributed by atoms with Crippen LogP contribution >= 0.6 is 23.2 Å². The highest BCUT2D eigenvalue weighted by atomic mass is 35.5. The number of carbonyl (C=O) groups is 1. The highest BCUT2D eigenvalue weighted by molar-refractivity contribution is 7.89. The molecule has 0 spiro atoms. The number of piperazine rings is 1. The van der Waals surface area contributed by atoms with Crippen LogP contribution in [0.4, 0.5) is 15.8 Å². The van der Waals surface area contributed by atoms with E-state index >= 15 is 0 Å². The molecule has 1 heterocycles. The minimum atomic E-state index is -3.88. The van der Waals surface area contributed by atoms with E-state index in [1.54, 1.807) is 18.2 Å². The second-order valence-corrected chi connectivity index (χ2v) is 10.6. The molecule has 1 N–H and O–H groups in total. The number of hydrogen-bond acceptors (Lipinski definition) is 5. The topological polar surface area (TPSA) is 79.0 Å². The zero-order valence-corrected chi connectivity index (χ0v) is 21.0. The number of nitrogens with zero attached hydrogens (tertiary/aromatic N) is 2. The van der Waals surface area contributed by atoms with Crippen LogP contribution in [0.1, 0.15) is 10.4 Å². The van der Waals surface area contributed by atoms with Crippen LogP contribution in [-0.2, 0) is 10.0 Å². The summed E-state index contributed by atoms with van der Waals surface area (Å²) in [6.45, 7) is 1.06. The second-order valence-electron chi connectivity index (χ2n) is 7.78.